The van der Waals surface area contributed by atoms with E-state index in [9.17, 15) is 0 Å². The smallest absolute Gasteiger partial charge is 0.225 e. The molecule has 7 heteroatoms. The van der Waals surface area contributed by atoms with E-state index < -0.39 is 0 Å². The van der Waals surface area contributed by atoms with Crippen molar-refractivity contribution < 1.29 is 9.47 Å². The molecule has 170 valence electrons. The second-order valence-electron chi connectivity index (χ2n) is 9.03. The highest BCUT2D eigenvalue weighted by Gasteiger charge is 2.26. The van der Waals surface area contributed by atoms with Crippen molar-refractivity contribution in [2.75, 3.05) is 33.3 Å². The lowest BCUT2D eigenvalue weighted by molar-refractivity contribution is 0.122. The van der Waals surface area contributed by atoms with Crippen LogP contribution in [0.1, 0.15) is 39.6 Å². The number of methoxy groups -OCH3 is 1. The summed E-state index contributed by atoms with van der Waals surface area (Å²) in [5.74, 6) is 2.37. The van der Waals surface area contributed by atoms with E-state index in [1.54, 1.807) is 19.1 Å². The highest BCUT2D eigenvalue weighted by Crippen LogP contribution is 2.31. The van der Waals surface area contributed by atoms with Crippen LogP contribution in [-0.4, -0.2) is 58.1 Å². The zero-order valence-electron chi connectivity index (χ0n) is 19.5. The monoisotopic (exact) mass is 452 g/mol. The first-order chi connectivity index (χ1) is 15.3. The van der Waals surface area contributed by atoms with E-state index in [1.165, 1.54) is 4.90 Å². The Morgan fingerprint density at radius 2 is 1.62 bits per heavy atom. The van der Waals surface area contributed by atoms with Crippen LogP contribution >= 0.6 is 11.9 Å². The van der Waals surface area contributed by atoms with Crippen LogP contribution in [0.3, 0.4) is 0 Å². The van der Waals surface area contributed by atoms with Crippen molar-refractivity contribution in [3.8, 4) is 11.6 Å². The zero-order chi connectivity index (χ0) is 22.7. The maximum Gasteiger partial charge on any atom is 0.225 e. The number of benzene rings is 2. The molecule has 4 rings (SSSR count). The first-order valence-corrected chi connectivity index (χ1v) is 11.9. The van der Waals surface area contributed by atoms with Gasteiger partial charge in [-0.25, -0.2) is 9.29 Å². The van der Waals surface area contributed by atoms with Crippen molar-refractivity contribution in [1.29, 1.82) is 0 Å². The van der Waals surface area contributed by atoms with Crippen molar-refractivity contribution in [3.05, 3.63) is 54.4 Å². The van der Waals surface area contributed by atoms with Crippen molar-refractivity contribution >= 4 is 22.9 Å². The summed E-state index contributed by atoms with van der Waals surface area (Å²) in [6.45, 7) is 12.2. The first kappa shape index (κ1) is 22.8. The minimum Gasteiger partial charge on any atom is -0.497 e. The predicted octanol–water partition coefficient (Wildman–Crippen LogP) is 5.20. The van der Waals surface area contributed by atoms with Gasteiger partial charge in [0.05, 0.1) is 24.1 Å². The molecule has 0 amide bonds. The van der Waals surface area contributed by atoms with Crippen LogP contribution in [0.15, 0.2) is 53.4 Å². The molecular formula is C25H32N4O2S. The van der Waals surface area contributed by atoms with Crippen LogP contribution in [0.25, 0.3) is 10.9 Å². The summed E-state index contributed by atoms with van der Waals surface area (Å²) in [5, 5.41) is 0.957. The predicted molar refractivity (Wildman–Crippen MR) is 130 cm³/mol. The van der Waals surface area contributed by atoms with E-state index in [4.69, 9.17) is 19.4 Å². The van der Waals surface area contributed by atoms with Gasteiger partial charge in [0.15, 0.2) is 0 Å². The van der Waals surface area contributed by atoms with Crippen molar-refractivity contribution in [2.24, 2.45) is 0 Å². The third kappa shape index (κ3) is 5.52. The molecule has 1 aliphatic heterocycles. The normalized spacial score (nSPS) is 16.8. The Morgan fingerprint density at radius 1 is 0.938 bits per heavy atom. The number of para-hydroxylation sites is 1. The fourth-order valence-electron chi connectivity index (χ4n) is 3.75. The van der Waals surface area contributed by atoms with Crippen LogP contribution in [0.4, 0.5) is 0 Å². The molecule has 0 spiro atoms. The SMILES string of the molecule is COc1ccc(SN2CCN(C(C)c3nc(OC(C)(C)C)c4ccccc4n3)CC2)cc1. The molecule has 3 aromatic rings. The Labute approximate surface area is 195 Å². The highest BCUT2D eigenvalue weighted by molar-refractivity contribution is 7.97. The van der Waals surface area contributed by atoms with E-state index in [0.717, 1.165) is 48.7 Å². The molecule has 1 saturated heterocycles. The maximum atomic E-state index is 6.20. The molecule has 1 atom stereocenters. The molecule has 0 saturated carbocycles. The number of ether oxygens (including phenoxy) is 2. The number of aromatic nitrogens is 2. The van der Waals surface area contributed by atoms with E-state index in [0.29, 0.717) is 5.88 Å². The standard InChI is InChI=1S/C25H32N4O2S/c1-18(23-26-22-9-7-6-8-21(22)24(27-23)31-25(2,3)4)28-14-16-29(17-15-28)32-20-12-10-19(30-5)11-13-20/h6-13,18H,14-17H2,1-5H3. The molecule has 0 radical (unpaired) electrons. The second-order valence-corrected chi connectivity index (χ2v) is 10.2. The van der Waals surface area contributed by atoms with Crippen molar-refractivity contribution in [1.82, 2.24) is 19.2 Å². The summed E-state index contributed by atoms with van der Waals surface area (Å²) >= 11 is 1.80. The van der Waals surface area contributed by atoms with E-state index >= 15 is 0 Å². The molecule has 2 heterocycles. The van der Waals surface area contributed by atoms with E-state index in [-0.39, 0.29) is 11.6 Å². The average molecular weight is 453 g/mol. The Bertz CT molecular complexity index is 1040. The summed E-state index contributed by atoms with van der Waals surface area (Å²) in [7, 11) is 1.69. The molecule has 1 aromatic heterocycles. The molecule has 0 bridgehead atoms. The number of nitrogens with zero attached hydrogens (tertiary/aromatic N) is 4. The van der Waals surface area contributed by atoms with Gasteiger partial charge in [-0.05, 0) is 76.0 Å². The summed E-state index contributed by atoms with van der Waals surface area (Å²) in [5.41, 5.74) is 0.611. The highest BCUT2D eigenvalue weighted by atomic mass is 32.2. The van der Waals surface area contributed by atoms with Gasteiger partial charge in [-0.3, -0.25) is 4.90 Å². The van der Waals surface area contributed by atoms with Gasteiger partial charge in [0.25, 0.3) is 0 Å². The minimum atomic E-state index is -0.318. The third-order valence-corrected chi connectivity index (χ3v) is 6.58. The molecule has 1 aliphatic rings. The number of fused-ring (bicyclic) bond motifs is 1. The second kappa shape index (κ2) is 9.65. The van der Waals surface area contributed by atoms with Gasteiger partial charge < -0.3 is 9.47 Å². The largest absolute Gasteiger partial charge is 0.497 e. The molecule has 2 aromatic carbocycles. The van der Waals surface area contributed by atoms with Crippen LogP contribution in [-0.2, 0) is 0 Å². The van der Waals surface area contributed by atoms with Gasteiger partial charge in [-0.15, -0.1) is 0 Å². The Morgan fingerprint density at radius 3 is 2.28 bits per heavy atom. The lowest BCUT2D eigenvalue weighted by Gasteiger charge is -2.37. The van der Waals surface area contributed by atoms with Crippen molar-refractivity contribution in [2.45, 2.75) is 44.2 Å². The quantitative estimate of drug-likeness (QED) is 0.476. The number of piperazine rings is 1. The summed E-state index contributed by atoms with van der Waals surface area (Å²) in [6, 6.07) is 16.4. The molecular weight excluding hydrogens is 420 g/mol. The third-order valence-electron chi connectivity index (χ3n) is 5.48. The van der Waals surface area contributed by atoms with Crippen LogP contribution in [0.2, 0.25) is 0 Å². The van der Waals surface area contributed by atoms with Crippen LogP contribution in [0.5, 0.6) is 11.6 Å². The molecule has 6 nitrogen and oxygen atoms in total. The molecule has 32 heavy (non-hydrogen) atoms. The fourth-order valence-corrected chi connectivity index (χ4v) is 4.65. The fraction of sp³-hybridized carbons (Fsp3) is 0.440. The average Bonchev–Trinajstić information content (AvgIpc) is 2.78. The molecule has 0 aliphatic carbocycles. The lowest BCUT2D eigenvalue weighted by atomic mass is 10.1. The Balaban J connectivity index is 1.45. The van der Waals surface area contributed by atoms with Gasteiger partial charge in [-0.1, -0.05) is 12.1 Å². The van der Waals surface area contributed by atoms with Crippen molar-refractivity contribution in [3.63, 3.8) is 0 Å². The number of rotatable bonds is 6. The van der Waals surface area contributed by atoms with Gasteiger partial charge >= 0.3 is 0 Å². The number of hydrogen-bond donors (Lipinski definition) is 0. The molecule has 0 N–H and O–H groups in total. The first-order valence-electron chi connectivity index (χ1n) is 11.1. The van der Waals surface area contributed by atoms with E-state index in [1.807, 2.05) is 57.2 Å². The Kier molecular flexibility index (Phi) is 6.88. The zero-order valence-corrected chi connectivity index (χ0v) is 20.4. The maximum absolute atomic E-state index is 6.20. The summed E-state index contributed by atoms with van der Waals surface area (Å²) < 4.78 is 13.9. The van der Waals surface area contributed by atoms with E-state index in [2.05, 4.69) is 28.3 Å². The molecule has 1 unspecified atom stereocenters. The summed E-state index contributed by atoms with van der Waals surface area (Å²) in [4.78, 5) is 13.4. The lowest BCUT2D eigenvalue weighted by Crippen LogP contribution is -2.44. The molecule has 1 fully saturated rings. The van der Waals surface area contributed by atoms with Gasteiger partial charge in [0.1, 0.15) is 17.2 Å². The summed E-state index contributed by atoms with van der Waals surface area (Å²) in [6.07, 6.45) is 0. The topological polar surface area (TPSA) is 50.7 Å². The van der Waals surface area contributed by atoms with Gasteiger partial charge in [-0.2, -0.15) is 4.98 Å². The van der Waals surface area contributed by atoms with Gasteiger partial charge in [0, 0.05) is 31.1 Å². The van der Waals surface area contributed by atoms with Crippen LogP contribution < -0.4 is 9.47 Å². The van der Waals surface area contributed by atoms with Gasteiger partial charge in [0.2, 0.25) is 5.88 Å². The minimum absolute atomic E-state index is 0.120. The number of hydrogen-bond acceptors (Lipinski definition) is 7. The Hall–Kier alpha value is -2.35. The van der Waals surface area contributed by atoms with Crippen LogP contribution in [0, 0.1) is 0 Å².